The lowest BCUT2D eigenvalue weighted by molar-refractivity contribution is 0.0790. The zero-order valence-corrected chi connectivity index (χ0v) is 12.8. The van der Waals surface area contributed by atoms with Gasteiger partial charge in [0.25, 0.3) is 5.91 Å². The molecule has 0 N–H and O–H groups in total. The van der Waals surface area contributed by atoms with Crippen molar-refractivity contribution in [3.8, 4) is 5.69 Å². The van der Waals surface area contributed by atoms with Crippen molar-refractivity contribution in [1.29, 1.82) is 0 Å². The van der Waals surface area contributed by atoms with Crippen molar-refractivity contribution in [2.24, 2.45) is 0 Å². The van der Waals surface area contributed by atoms with Gasteiger partial charge >= 0.3 is 0 Å². The van der Waals surface area contributed by atoms with Crippen molar-refractivity contribution >= 4 is 5.91 Å². The van der Waals surface area contributed by atoms with Crippen molar-refractivity contribution in [2.45, 2.75) is 6.42 Å². The maximum Gasteiger partial charge on any atom is 0.275 e. The van der Waals surface area contributed by atoms with Gasteiger partial charge in [0, 0.05) is 31.9 Å². The van der Waals surface area contributed by atoms with Crippen molar-refractivity contribution < 1.29 is 4.79 Å². The molecule has 0 aliphatic carbocycles. The molecule has 0 bridgehead atoms. The summed E-state index contributed by atoms with van der Waals surface area (Å²) in [5.74, 6) is -0.150. The van der Waals surface area contributed by atoms with Crippen LogP contribution in [0, 0.1) is 0 Å². The number of para-hydroxylation sites is 1. The molecule has 0 unspecified atom stereocenters. The van der Waals surface area contributed by atoms with E-state index in [1.165, 1.54) is 11.0 Å². The maximum absolute atomic E-state index is 12.4. The lowest BCUT2D eigenvalue weighted by Crippen LogP contribution is -2.29. The van der Waals surface area contributed by atoms with Crippen LogP contribution >= 0.6 is 0 Å². The van der Waals surface area contributed by atoms with E-state index in [4.69, 9.17) is 0 Å². The predicted molar refractivity (Wildman–Crippen MR) is 86.3 cm³/mol. The summed E-state index contributed by atoms with van der Waals surface area (Å²) in [6, 6.07) is 15.3. The Morgan fingerprint density at radius 2 is 1.91 bits per heavy atom. The van der Waals surface area contributed by atoms with Gasteiger partial charge in [0.1, 0.15) is 0 Å². The Morgan fingerprint density at radius 3 is 2.65 bits per heavy atom. The summed E-state index contributed by atoms with van der Waals surface area (Å²) < 4.78 is 0. The standard InChI is InChI=1S/C17H17N5O/c1-21(12-10-14-7-5-6-11-18-14)17(23)16-13-19-22(20-16)15-8-3-2-4-9-15/h2-9,11,13H,10,12H2,1H3. The minimum Gasteiger partial charge on any atom is -0.340 e. The Hall–Kier alpha value is -3.02. The first-order valence-electron chi connectivity index (χ1n) is 7.37. The van der Waals surface area contributed by atoms with Crippen LogP contribution in [0.3, 0.4) is 0 Å². The van der Waals surface area contributed by atoms with Crippen LogP contribution in [-0.2, 0) is 6.42 Å². The van der Waals surface area contributed by atoms with Crippen LogP contribution in [0.4, 0.5) is 0 Å². The van der Waals surface area contributed by atoms with Gasteiger partial charge in [-0.2, -0.15) is 9.90 Å². The molecule has 0 saturated carbocycles. The van der Waals surface area contributed by atoms with Gasteiger partial charge in [0.2, 0.25) is 0 Å². The SMILES string of the molecule is CN(CCc1ccccn1)C(=O)c1cnn(-c2ccccc2)n1. The Kier molecular flexibility index (Phi) is 4.42. The largest absolute Gasteiger partial charge is 0.340 e. The van der Waals surface area contributed by atoms with E-state index in [1.807, 2.05) is 48.5 Å². The van der Waals surface area contributed by atoms with E-state index in [0.29, 0.717) is 18.7 Å². The lowest BCUT2D eigenvalue weighted by atomic mass is 10.2. The normalized spacial score (nSPS) is 10.5. The summed E-state index contributed by atoms with van der Waals surface area (Å²) in [5, 5.41) is 8.41. The summed E-state index contributed by atoms with van der Waals surface area (Å²) in [6.07, 6.45) is 3.95. The van der Waals surface area contributed by atoms with Crippen molar-refractivity contribution in [1.82, 2.24) is 24.9 Å². The van der Waals surface area contributed by atoms with Crippen LogP contribution in [0.25, 0.3) is 5.69 Å². The predicted octanol–water partition coefficient (Wildman–Crippen LogP) is 1.98. The number of amides is 1. The molecule has 0 atom stereocenters. The molecule has 6 heteroatoms. The molecule has 6 nitrogen and oxygen atoms in total. The molecule has 23 heavy (non-hydrogen) atoms. The number of benzene rings is 1. The average Bonchev–Trinajstić information content (AvgIpc) is 3.11. The summed E-state index contributed by atoms with van der Waals surface area (Å²) >= 11 is 0. The molecule has 0 radical (unpaired) electrons. The van der Waals surface area contributed by atoms with E-state index in [2.05, 4.69) is 15.2 Å². The molecule has 3 aromatic rings. The molecule has 116 valence electrons. The fraction of sp³-hybridized carbons (Fsp3) is 0.176. The minimum absolute atomic E-state index is 0.150. The van der Waals surface area contributed by atoms with Crippen molar-refractivity contribution in [3.05, 3.63) is 72.3 Å². The number of aromatic nitrogens is 4. The second-order valence-corrected chi connectivity index (χ2v) is 5.15. The van der Waals surface area contributed by atoms with Crippen molar-refractivity contribution in [2.75, 3.05) is 13.6 Å². The van der Waals surface area contributed by atoms with Crippen LogP contribution in [0.2, 0.25) is 0 Å². The van der Waals surface area contributed by atoms with E-state index in [1.54, 1.807) is 18.1 Å². The molecular formula is C17H17N5O. The average molecular weight is 307 g/mol. The van der Waals surface area contributed by atoms with E-state index >= 15 is 0 Å². The molecule has 0 spiro atoms. The summed E-state index contributed by atoms with van der Waals surface area (Å²) in [7, 11) is 1.76. The van der Waals surface area contributed by atoms with Crippen LogP contribution in [-0.4, -0.2) is 44.4 Å². The van der Waals surface area contributed by atoms with Gasteiger partial charge < -0.3 is 4.90 Å². The minimum atomic E-state index is -0.150. The molecule has 2 aromatic heterocycles. The first kappa shape index (κ1) is 14.9. The molecule has 3 rings (SSSR count). The zero-order chi connectivity index (χ0) is 16.1. The monoisotopic (exact) mass is 307 g/mol. The smallest absolute Gasteiger partial charge is 0.275 e. The Morgan fingerprint density at radius 1 is 1.13 bits per heavy atom. The summed E-state index contributed by atoms with van der Waals surface area (Å²) in [4.78, 5) is 19.7. The highest BCUT2D eigenvalue weighted by molar-refractivity contribution is 5.91. The topological polar surface area (TPSA) is 63.9 Å². The van der Waals surface area contributed by atoms with Crippen LogP contribution in [0.15, 0.2) is 60.9 Å². The number of likely N-dealkylation sites (N-methyl/N-ethyl adjacent to an activating group) is 1. The molecule has 2 heterocycles. The molecule has 1 amide bonds. The lowest BCUT2D eigenvalue weighted by Gasteiger charge is -2.15. The molecular weight excluding hydrogens is 290 g/mol. The maximum atomic E-state index is 12.4. The highest BCUT2D eigenvalue weighted by atomic mass is 16.2. The summed E-state index contributed by atoms with van der Waals surface area (Å²) in [5.41, 5.74) is 2.11. The first-order chi connectivity index (χ1) is 11.2. The molecule has 0 aliphatic heterocycles. The van der Waals surface area contributed by atoms with Crippen molar-refractivity contribution in [3.63, 3.8) is 0 Å². The third-order valence-corrected chi connectivity index (χ3v) is 3.47. The van der Waals surface area contributed by atoms with Gasteiger partial charge in [-0.3, -0.25) is 9.78 Å². The first-order valence-corrected chi connectivity index (χ1v) is 7.37. The summed E-state index contributed by atoms with van der Waals surface area (Å²) in [6.45, 7) is 0.577. The number of carbonyl (C=O) groups is 1. The van der Waals surface area contributed by atoms with Crippen LogP contribution < -0.4 is 0 Å². The highest BCUT2D eigenvalue weighted by Crippen LogP contribution is 2.06. The number of nitrogens with zero attached hydrogens (tertiary/aromatic N) is 5. The van der Waals surface area contributed by atoms with Gasteiger partial charge in [-0.1, -0.05) is 24.3 Å². The van der Waals surface area contributed by atoms with E-state index in [-0.39, 0.29) is 5.91 Å². The number of pyridine rings is 1. The van der Waals surface area contributed by atoms with Gasteiger partial charge in [0.15, 0.2) is 5.69 Å². The number of rotatable bonds is 5. The van der Waals surface area contributed by atoms with Crippen LogP contribution in [0.1, 0.15) is 16.2 Å². The fourth-order valence-electron chi connectivity index (χ4n) is 2.17. The number of hydrogen-bond acceptors (Lipinski definition) is 4. The second kappa shape index (κ2) is 6.83. The quantitative estimate of drug-likeness (QED) is 0.723. The molecule has 0 aliphatic rings. The van der Waals surface area contributed by atoms with Gasteiger partial charge in [-0.25, -0.2) is 0 Å². The van der Waals surface area contributed by atoms with Gasteiger partial charge in [0.05, 0.1) is 11.9 Å². The molecule has 0 fully saturated rings. The Bertz CT molecular complexity index is 770. The van der Waals surface area contributed by atoms with E-state index in [9.17, 15) is 4.79 Å². The van der Waals surface area contributed by atoms with E-state index < -0.39 is 0 Å². The fourth-order valence-corrected chi connectivity index (χ4v) is 2.17. The molecule has 1 aromatic carbocycles. The van der Waals surface area contributed by atoms with Crippen LogP contribution in [0.5, 0.6) is 0 Å². The number of hydrogen-bond donors (Lipinski definition) is 0. The van der Waals surface area contributed by atoms with E-state index in [0.717, 1.165) is 11.4 Å². The second-order valence-electron chi connectivity index (χ2n) is 5.15. The third kappa shape index (κ3) is 3.60. The van der Waals surface area contributed by atoms with Gasteiger partial charge in [-0.15, -0.1) is 5.10 Å². The third-order valence-electron chi connectivity index (χ3n) is 3.47. The zero-order valence-electron chi connectivity index (χ0n) is 12.8. The Labute approximate surface area is 134 Å². The number of carbonyl (C=O) groups excluding carboxylic acids is 1. The van der Waals surface area contributed by atoms with Gasteiger partial charge in [-0.05, 0) is 24.3 Å². The highest BCUT2D eigenvalue weighted by Gasteiger charge is 2.16. The molecule has 0 saturated heterocycles. The Balaban J connectivity index is 1.65.